The number of amides is 1. The second kappa shape index (κ2) is 8.59. The van der Waals surface area contributed by atoms with Gasteiger partial charge in [0.25, 0.3) is 0 Å². The summed E-state index contributed by atoms with van der Waals surface area (Å²) < 4.78 is 24.4. The Balaban J connectivity index is 1.78. The smallest absolute Gasteiger partial charge is 0.239 e. The molecular formula is C17H19N3O3S2. The first-order valence-electron chi connectivity index (χ1n) is 7.57. The molecule has 0 aliphatic rings. The summed E-state index contributed by atoms with van der Waals surface area (Å²) in [5.74, 6) is -0.740. The van der Waals surface area contributed by atoms with Crippen molar-refractivity contribution in [3.63, 3.8) is 0 Å². The van der Waals surface area contributed by atoms with Gasteiger partial charge < -0.3 is 5.32 Å². The maximum Gasteiger partial charge on any atom is 0.239 e. The van der Waals surface area contributed by atoms with Crippen molar-refractivity contribution in [3.05, 3.63) is 60.2 Å². The summed E-state index contributed by atoms with van der Waals surface area (Å²) in [6.07, 6.45) is -0.169. The number of carbonyl (C=O) groups excluding carboxylic acids is 1. The molecule has 0 aromatic heterocycles. The van der Waals surface area contributed by atoms with Gasteiger partial charge in [0.05, 0.1) is 10.6 Å². The summed E-state index contributed by atoms with van der Waals surface area (Å²) in [5.41, 5.74) is 6.67. The minimum atomic E-state index is -3.50. The van der Waals surface area contributed by atoms with Crippen LogP contribution in [0.3, 0.4) is 0 Å². The van der Waals surface area contributed by atoms with Gasteiger partial charge in [-0.05, 0) is 43.4 Å². The second-order valence-electron chi connectivity index (χ2n) is 5.38. The highest BCUT2D eigenvalue weighted by Gasteiger charge is 2.16. The lowest BCUT2D eigenvalue weighted by molar-refractivity contribution is -0.121. The Labute approximate surface area is 152 Å². The maximum absolute atomic E-state index is 12.2. The predicted molar refractivity (Wildman–Crippen MR) is 102 cm³/mol. The van der Waals surface area contributed by atoms with E-state index >= 15 is 0 Å². The summed E-state index contributed by atoms with van der Waals surface area (Å²) in [7, 11) is -3.50. The number of hydrogen-bond acceptors (Lipinski definition) is 4. The lowest BCUT2D eigenvalue weighted by Crippen LogP contribution is -2.44. The van der Waals surface area contributed by atoms with Crippen LogP contribution in [-0.4, -0.2) is 25.2 Å². The van der Waals surface area contributed by atoms with Gasteiger partial charge in [-0.2, -0.15) is 0 Å². The third-order valence-electron chi connectivity index (χ3n) is 3.33. The van der Waals surface area contributed by atoms with E-state index in [0.29, 0.717) is 0 Å². The number of para-hydroxylation sites is 1. The number of hydrogen-bond donors (Lipinski definition) is 3. The Morgan fingerprint density at radius 3 is 2.28 bits per heavy atom. The number of sulfone groups is 1. The molecule has 0 heterocycles. The lowest BCUT2D eigenvalue weighted by atomic mass is 10.2. The molecule has 0 spiro atoms. The molecule has 0 aliphatic heterocycles. The molecule has 132 valence electrons. The van der Waals surface area contributed by atoms with Crippen molar-refractivity contribution in [3.8, 4) is 0 Å². The molecule has 8 heteroatoms. The third-order valence-corrected chi connectivity index (χ3v) is 5.26. The molecule has 0 aliphatic carbocycles. The molecule has 1 amide bonds. The number of anilines is 1. The van der Waals surface area contributed by atoms with Gasteiger partial charge in [-0.15, -0.1) is 0 Å². The molecule has 0 saturated heterocycles. The highest BCUT2D eigenvalue weighted by atomic mass is 32.2. The van der Waals surface area contributed by atoms with E-state index in [-0.39, 0.29) is 22.2 Å². The fourth-order valence-corrected chi connectivity index (χ4v) is 3.37. The Morgan fingerprint density at radius 1 is 1.00 bits per heavy atom. The number of thiocarbonyl (C=S) groups is 1. The molecule has 2 aromatic carbocycles. The van der Waals surface area contributed by atoms with Gasteiger partial charge in [0.15, 0.2) is 14.9 Å². The molecule has 0 fully saturated rings. The quantitative estimate of drug-likeness (QED) is 0.547. The van der Waals surface area contributed by atoms with Crippen LogP contribution < -0.4 is 16.2 Å². The second-order valence-corrected chi connectivity index (χ2v) is 7.89. The fourth-order valence-electron chi connectivity index (χ4n) is 1.96. The molecule has 0 unspecified atom stereocenters. The summed E-state index contributed by atoms with van der Waals surface area (Å²) in [6.45, 7) is 1.88. The van der Waals surface area contributed by atoms with Crippen LogP contribution in [0.1, 0.15) is 12.0 Å². The van der Waals surface area contributed by atoms with E-state index in [4.69, 9.17) is 12.2 Å². The van der Waals surface area contributed by atoms with E-state index in [1.165, 1.54) is 0 Å². The predicted octanol–water partition coefficient (Wildman–Crippen LogP) is 2.18. The van der Waals surface area contributed by atoms with Gasteiger partial charge in [-0.1, -0.05) is 35.9 Å². The molecule has 6 nitrogen and oxygen atoms in total. The van der Waals surface area contributed by atoms with Crippen molar-refractivity contribution < 1.29 is 13.2 Å². The van der Waals surface area contributed by atoms with Gasteiger partial charge in [-0.3, -0.25) is 15.6 Å². The zero-order chi connectivity index (χ0) is 18.3. The average molecular weight is 377 g/mol. The van der Waals surface area contributed by atoms with E-state index in [9.17, 15) is 13.2 Å². The molecule has 2 aromatic rings. The third kappa shape index (κ3) is 6.17. The normalized spacial score (nSPS) is 10.8. The Hall–Kier alpha value is -2.45. The van der Waals surface area contributed by atoms with Gasteiger partial charge in [-0.25, -0.2) is 8.42 Å². The summed E-state index contributed by atoms with van der Waals surface area (Å²) in [6, 6.07) is 15.7. The van der Waals surface area contributed by atoms with Crippen LogP contribution in [0.2, 0.25) is 0 Å². The van der Waals surface area contributed by atoms with Crippen molar-refractivity contribution in [2.75, 3.05) is 11.1 Å². The zero-order valence-electron chi connectivity index (χ0n) is 13.7. The van der Waals surface area contributed by atoms with E-state index in [2.05, 4.69) is 16.2 Å². The molecule has 0 bridgehead atoms. The number of hydrazine groups is 1. The molecule has 0 radical (unpaired) electrons. The summed E-state index contributed by atoms with van der Waals surface area (Å²) in [5, 5.41) is 3.10. The van der Waals surface area contributed by atoms with E-state index in [1.54, 1.807) is 24.3 Å². The maximum atomic E-state index is 12.2. The number of benzene rings is 2. The van der Waals surface area contributed by atoms with E-state index < -0.39 is 15.7 Å². The zero-order valence-corrected chi connectivity index (χ0v) is 15.3. The Kier molecular flexibility index (Phi) is 6.49. The number of aryl methyl sites for hydroxylation is 1. The minimum Gasteiger partial charge on any atom is -0.331 e. The standard InChI is InChI=1S/C17H19N3O3S2/c1-13-7-9-15(10-8-13)25(22,23)12-11-16(21)19-20-17(24)18-14-5-3-2-4-6-14/h2-10H,11-12H2,1H3,(H,19,21)(H2,18,20,24). The molecular weight excluding hydrogens is 358 g/mol. The summed E-state index contributed by atoms with van der Waals surface area (Å²) in [4.78, 5) is 12.0. The van der Waals surface area contributed by atoms with Crippen LogP contribution >= 0.6 is 12.2 Å². The minimum absolute atomic E-state index is 0.169. The number of carbonyl (C=O) groups is 1. The van der Waals surface area contributed by atoms with Crippen LogP contribution in [-0.2, 0) is 14.6 Å². The number of rotatable bonds is 5. The van der Waals surface area contributed by atoms with Gasteiger partial charge >= 0.3 is 0 Å². The molecule has 25 heavy (non-hydrogen) atoms. The SMILES string of the molecule is Cc1ccc(S(=O)(=O)CCC(=O)NNC(=S)Nc2ccccc2)cc1. The average Bonchev–Trinajstić information content (AvgIpc) is 2.59. The topological polar surface area (TPSA) is 87.3 Å². The highest BCUT2D eigenvalue weighted by Crippen LogP contribution is 2.12. The summed E-state index contributed by atoms with van der Waals surface area (Å²) >= 11 is 5.05. The van der Waals surface area contributed by atoms with Crippen molar-refractivity contribution in [1.82, 2.24) is 10.9 Å². The molecule has 2 rings (SSSR count). The van der Waals surface area contributed by atoms with Crippen LogP contribution in [0.4, 0.5) is 5.69 Å². The lowest BCUT2D eigenvalue weighted by Gasteiger charge is -2.11. The largest absolute Gasteiger partial charge is 0.331 e. The first kappa shape index (κ1) is 18.9. The number of nitrogens with one attached hydrogen (secondary N) is 3. The van der Waals surface area contributed by atoms with Crippen LogP contribution in [0, 0.1) is 6.92 Å². The Bertz CT molecular complexity index is 835. The molecule has 3 N–H and O–H groups in total. The van der Waals surface area contributed by atoms with Gasteiger partial charge in [0.1, 0.15) is 0 Å². The van der Waals surface area contributed by atoms with Crippen molar-refractivity contribution in [2.24, 2.45) is 0 Å². The van der Waals surface area contributed by atoms with Crippen molar-refractivity contribution in [1.29, 1.82) is 0 Å². The van der Waals surface area contributed by atoms with Gasteiger partial charge in [0.2, 0.25) is 5.91 Å². The fraction of sp³-hybridized carbons (Fsp3) is 0.176. The van der Waals surface area contributed by atoms with Crippen LogP contribution in [0.5, 0.6) is 0 Å². The van der Waals surface area contributed by atoms with Crippen LogP contribution in [0.15, 0.2) is 59.5 Å². The Morgan fingerprint density at radius 2 is 1.64 bits per heavy atom. The van der Waals surface area contributed by atoms with E-state index in [1.807, 2.05) is 37.3 Å². The van der Waals surface area contributed by atoms with E-state index in [0.717, 1.165) is 11.3 Å². The van der Waals surface area contributed by atoms with Crippen LogP contribution in [0.25, 0.3) is 0 Å². The first-order chi connectivity index (χ1) is 11.9. The van der Waals surface area contributed by atoms with Crippen molar-refractivity contribution in [2.45, 2.75) is 18.2 Å². The highest BCUT2D eigenvalue weighted by molar-refractivity contribution is 7.91. The van der Waals surface area contributed by atoms with Gasteiger partial charge in [0, 0.05) is 12.1 Å². The van der Waals surface area contributed by atoms with Crippen molar-refractivity contribution >= 4 is 38.8 Å². The monoisotopic (exact) mass is 377 g/mol. The first-order valence-corrected chi connectivity index (χ1v) is 9.63. The molecule has 0 atom stereocenters. The molecule has 0 saturated carbocycles.